The van der Waals surface area contributed by atoms with Crippen molar-refractivity contribution in [3.05, 3.63) is 63.2 Å². The summed E-state index contributed by atoms with van der Waals surface area (Å²) in [5.41, 5.74) is 1.14. The summed E-state index contributed by atoms with van der Waals surface area (Å²) in [5.74, 6) is -0.340. The summed E-state index contributed by atoms with van der Waals surface area (Å²) in [4.78, 5) is 38.6. The van der Waals surface area contributed by atoms with E-state index in [0.717, 1.165) is 0 Å². The Morgan fingerprint density at radius 2 is 1.81 bits per heavy atom. The molecule has 0 saturated carbocycles. The number of ether oxygens (including phenoxy) is 1. The van der Waals surface area contributed by atoms with Gasteiger partial charge in [-0.1, -0.05) is 12.1 Å². The highest BCUT2D eigenvalue weighted by atomic mass is 16.5. The summed E-state index contributed by atoms with van der Waals surface area (Å²) in [6.07, 6.45) is 0. The first-order valence-electron chi connectivity index (χ1n) is 8.36. The fourth-order valence-electron chi connectivity index (χ4n) is 3.00. The third-order valence-electron chi connectivity index (χ3n) is 4.27. The van der Waals surface area contributed by atoms with Gasteiger partial charge in [0.05, 0.1) is 30.0 Å². The molecule has 0 radical (unpaired) electrons. The Morgan fingerprint density at radius 3 is 2.50 bits per heavy atom. The Morgan fingerprint density at radius 1 is 1.12 bits per heavy atom. The molecule has 1 N–H and O–H groups in total. The van der Waals surface area contributed by atoms with Crippen molar-refractivity contribution in [3.8, 4) is 0 Å². The van der Waals surface area contributed by atoms with Crippen molar-refractivity contribution < 1.29 is 18.7 Å². The van der Waals surface area contributed by atoms with Crippen LogP contribution in [-0.2, 0) is 4.74 Å². The number of amides is 2. The van der Waals surface area contributed by atoms with Crippen LogP contribution in [0.1, 0.15) is 32.0 Å². The number of rotatable bonds is 3. The van der Waals surface area contributed by atoms with Gasteiger partial charge in [0.25, 0.3) is 11.8 Å². The molecule has 1 fully saturated rings. The lowest BCUT2D eigenvalue weighted by molar-refractivity contribution is 0.0303. The number of carbonyl (C=O) groups excluding carboxylic acids is 2. The van der Waals surface area contributed by atoms with Crippen LogP contribution in [0, 0.1) is 13.8 Å². The predicted octanol–water partition coefficient (Wildman–Crippen LogP) is 1.98. The van der Waals surface area contributed by atoms with E-state index in [4.69, 9.17) is 9.15 Å². The third-order valence-corrected chi connectivity index (χ3v) is 4.27. The van der Waals surface area contributed by atoms with Crippen LogP contribution in [-0.4, -0.2) is 43.0 Å². The standard InChI is InChI=1S/C19H20N2O5/c1-12-11-16(22)26-13(2)17(12)18(23)20-15-6-4-3-5-14(15)19(24)21-7-9-25-10-8-21/h3-6,11H,7-10H2,1-2H3,(H,20,23). The van der Waals surface area contributed by atoms with E-state index in [2.05, 4.69) is 5.32 Å². The van der Waals surface area contributed by atoms with Gasteiger partial charge in [0.1, 0.15) is 5.76 Å². The highest BCUT2D eigenvalue weighted by Gasteiger charge is 2.23. The molecule has 1 aliphatic heterocycles. The zero-order chi connectivity index (χ0) is 18.7. The van der Waals surface area contributed by atoms with Crippen LogP contribution >= 0.6 is 0 Å². The normalized spacial score (nSPS) is 14.2. The second kappa shape index (κ2) is 7.53. The molecule has 0 aliphatic carbocycles. The van der Waals surface area contributed by atoms with Crippen molar-refractivity contribution in [2.45, 2.75) is 13.8 Å². The monoisotopic (exact) mass is 356 g/mol. The minimum Gasteiger partial charge on any atom is -0.427 e. The lowest BCUT2D eigenvalue weighted by Crippen LogP contribution is -2.41. The number of nitrogens with one attached hydrogen (secondary N) is 1. The first-order chi connectivity index (χ1) is 12.5. The molecule has 2 amide bonds. The van der Waals surface area contributed by atoms with Crippen LogP contribution in [0.4, 0.5) is 5.69 Å². The number of hydrogen-bond donors (Lipinski definition) is 1. The van der Waals surface area contributed by atoms with E-state index in [1.807, 2.05) is 0 Å². The van der Waals surface area contributed by atoms with E-state index in [-0.39, 0.29) is 11.7 Å². The summed E-state index contributed by atoms with van der Waals surface area (Å²) in [6.45, 7) is 5.27. The molecule has 1 aromatic heterocycles. The van der Waals surface area contributed by atoms with E-state index in [1.54, 1.807) is 43.0 Å². The SMILES string of the molecule is Cc1cc(=O)oc(C)c1C(=O)Nc1ccccc1C(=O)N1CCOCC1. The Hall–Kier alpha value is -2.93. The van der Waals surface area contributed by atoms with Gasteiger partial charge < -0.3 is 19.4 Å². The van der Waals surface area contributed by atoms with Crippen LogP contribution in [0.3, 0.4) is 0 Å². The van der Waals surface area contributed by atoms with Gasteiger partial charge in [-0.2, -0.15) is 0 Å². The lowest BCUT2D eigenvalue weighted by Gasteiger charge is -2.27. The Labute approximate surface area is 150 Å². The van der Waals surface area contributed by atoms with Gasteiger partial charge in [-0.15, -0.1) is 0 Å². The molecule has 3 rings (SSSR count). The maximum absolute atomic E-state index is 12.8. The molecule has 1 aromatic carbocycles. The van der Waals surface area contributed by atoms with Gasteiger partial charge in [0, 0.05) is 19.2 Å². The van der Waals surface area contributed by atoms with Crippen molar-refractivity contribution in [2.75, 3.05) is 31.6 Å². The van der Waals surface area contributed by atoms with Crippen LogP contribution in [0.15, 0.2) is 39.5 Å². The van der Waals surface area contributed by atoms with Gasteiger partial charge in [-0.05, 0) is 31.5 Å². The molecule has 0 atom stereocenters. The molecule has 7 nitrogen and oxygen atoms in total. The van der Waals surface area contributed by atoms with Gasteiger partial charge >= 0.3 is 5.63 Å². The average molecular weight is 356 g/mol. The fraction of sp³-hybridized carbons (Fsp3) is 0.316. The van der Waals surface area contributed by atoms with Crippen LogP contribution < -0.4 is 10.9 Å². The molecule has 7 heteroatoms. The van der Waals surface area contributed by atoms with Crippen molar-refractivity contribution in [3.63, 3.8) is 0 Å². The van der Waals surface area contributed by atoms with Crippen molar-refractivity contribution in [1.29, 1.82) is 0 Å². The smallest absolute Gasteiger partial charge is 0.336 e. The number of morpholine rings is 1. The van der Waals surface area contributed by atoms with E-state index in [1.165, 1.54) is 6.07 Å². The maximum atomic E-state index is 12.8. The number of anilines is 1. The summed E-state index contributed by atoms with van der Waals surface area (Å²) >= 11 is 0. The fourth-order valence-corrected chi connectivity index (χ4v) is 3.00. The van der Waals surface area contributed by atoms with Gasteiger partial charge in [-0.3, -0.25) is 9.59 Å². The molecule has 1 aliphatic rings. The molecule has 1 saturated heterocycles. The van der Waals surface area contributed by atoms with E-state index < -0.39 is 11.5 Å². The van der Waals surface area contributed by atoms with E-state index in [9.17, 15) is 14.4 Å². The van der Waals surface area contributed by atoms with Crippen LogP contribution in [0.2, 0.25) is 0 Å². The Balaban J connectivity index is 1.88. The summed E-state index contributed by atoms with van der Waals surface area (Å²) in [6, 6.07) is 8.12. The number of nitrogens with zero attached hydrogens (tertiary/aromatic N) is 1. The zero-order valence-corrected chi connectivity index (χ0v) is 14.7. The molecule has 0 bridgehead atoms. The van der Waals surface area contributed by atoms with Crippen LogP contribution in [0.25, 0.3) is 0 Å². The molecular weight excluding hydrogens is 336 g/mol. The lowest BCUT2D eigenvalue weighted by atomic mass is 10.1. The molecule has 136 valence electrons. The first-order valence-corrected chi connectivity index (χ1v) is 8.36. The molecule has 26 heavy (non-hydrogen) atoms. The topological polar surface area (TPSA) is 88.8 Å². The van der Waals surface area contributed by atoms with E-state index >= 15 is 0 Å². The number of carbonyl (C=O) groups is 2. The molecule has 2 heterocycles. The van der Waals surface area contributed by atoms with Gasteiger partial charge in [0.15, 0.2) is 0 Å². The predicted molar refractivity (Wildman–Crippen MR) is 95.6 cm³/mol. The minimum atomic E-state index is -0.501. The summed E-state index contributed by atoms with van der Waals surface area (Å²) < 4.78 is 10.3. The highest BCUT2D eigenvalue weighted by molar-refractivity contribution is 6.09. The number of benzene rings is 1. The Bertz CT molecular complexity index is 871. The summed E-state index contributed by atoms with van der Waals surface area (Å²) in [7, 11) is 0. The third kappa shape index (κ3) is 3.67. The quantitative estimate of drug-likeness (QED) is 0.908. The van der Waals surface area contributed by atoms with Crippen LogP contribution in [0.5, 0.6) is 0 Å². The molecule has 0 unspecified atom stereocenters. The Kier molecular flexibility index (Phi) is 5.18. The van der Waals surface area contributed by atoms with Crippen molar-refractivity contribution in [1.82, 2.24) is 4.90 Å². The van der Waals surface area contributed by atoms with E-state index in [0.29, 0.717) is 48.7 Å². The second-order valence-corrected chi connectivity index (χ2v) is 6.08. The van der Waals surface area contributed by atoms with Crippen molar-refractivity contribution >= 4 is 17.5 Å². The van der Waals surface area contributed by atoms with Gasteiger partial charge in [-0.25, -0.2) is 4.79 Å². The largest absolute Gasteiger partial charge is 0.427 e. The zero-order valence-electron chi connectivity index (χ0n) is 14.7. The molecule has 2 aromatic rings. The number of aryl methyl sites for hydroxylation is 2. The second-order valence-electron chi connectivity index (χ2n) is 6.08. The number of hydrogen-bond acceptors (Lipinski definition) is 5. The maximum Gasteiger partial charge on any atom is 0.336 e. The number of para-hydroxylation sites is 1. The molecule has 0 spiro atoms. The van der Waals surface area contributed by atoms with Gasteiger partial charge in [0.2, 0.25) is 0 Å². The molecular formula is C19H20N2O5. The first kappa shape index (κ1) is 17.9. The highest BCUT2D eigenvalue weighted by Crippen LogP contribution is 2.20. The van der Waals surface area contributed by atoms with Crippen molar-refractivity contribution in [2.24, 2.45) is 0 Å². The summed E-state index contributed by atoms with van der Waals surface area (Å²) in [5, 5.41) is 2.77. The minimum absolute atomic E-state index is 0.155. The average Bonchev–Trinajstić information content (AvgIpc) is 2.61.